The first kappa shape index (κ1) is 11.6. The van der Waals surface area contributed by atoms with Crippen LogP contribution in [0.5, 0.6) is 0 Å². The first-order valence-electron chi connectivity index (χ1n) is 4.41. The van der Waals surface area contributed by atoms with Crippen LogP contribution in [0.4, 0.5) is 5.69 Å². The lowest BCUT2D eigenvalue weighted by atomic mass is 10.1. The van der Waals surface area contributed by atoms with Crippen molar-refractivity contribution in [2.45, 2.75) is 0 Å². The van der Waals surface area contributed by atoms with Gasteiger partial charge in [-0.25, -0.2) is 4.79 Å². The average Bonchev–Trinajstić information content (AvgIpc) is 2.25. The monoisotopic (exact) mass is 225 g/mol. The molecule has 3 nitrogen and oxygen atoms in total. The molecule has 1 rings (SSSR count). The molecule has 0 atom stereocenters. The minimum atomic E-state index is -0.392. The van der Waals surface area contributed by atoms with E-state index in [1.165, 1.54) is 13.2 Å². The Labute approximate surface area is 93.7 Å². The van der Waals surface area contributed by atoms with Gasteiger partial charge in [-0.1, -0.05) is 23.7 Å². The van der Waals surface area contributed by atoms with Crippen LogP contribution < -0.4 is 5.32 Å². The van der Waals surface area contributed by atoms with Gasteiger partial charge in [0.15, 0.2) is 0 Å². The zero-order valence-electron chi connectivity index (χ0n) is 8.58. The second-order valence-corrected chi connectivity index (χ2v) is 3.22. The molecule has 1 aromatic carbocycles. The summed E-state index contributed by atoms with van der Waals surface area (Å²) in [6, 6.07) is 5.46. The van der Waals surface area contributed by atoms with Gasteiger partial charge < -0.3 is 10.1 Å². The molecule has 0 heterocycles. The van der Waals surface area contributed by atoms with E-state index in [1.807, 2.05) is 12.1 Å². The van der Waals surface area contributed by atoms with E-state index in [2.05, 4.69) is 10.1 Å². The fourth-order valence-electron chi connectivity index (χ4n) is 1.17. The molecule has 0 saturated carbocycles. The van der Waals surface area contributed by atoms with Gasteiger partial charge in [-0.2, -0.15) is 0 Å². The van der Waals surface area contributed by atoms with Gasteiger partial charge in [-0.3, -0.25) is 0 Å². The minimum absolute atomic E-state index is 0.392. The zero-order chi connectivity index (χ0) is 11.3. The van der Waals surface area contributed by atoms with Gasteiger partial charge in [0.2, 0.25) is 0 Å². The molecule has 0 fully saturated rings. The number of carbonyl (C=O) groups excluding carboxylic acids is 1. The Bertz CT molecular complexity index is 388. The smallest absolute Gasteiger partial charge is 0.330 e. The van der Waals surface area contributed by atoms with Crippen molar-refractivity contribution in [3.8, 4) is 0 Å². The molecule has 15 heavy (non-hydrogen) atoms. The van der Waals surface area contributed by atoms with Crippen LogP contribution in [0.15, 0.2) is 24.3 Å². The summed E-state index contributed by atoms with van der Waals surface area (Å²) in [6.07, 6.45) is 3.01. The van der Waals surface area contributed by atoms with Crippen molar-refractivity contribution in [3.05, 3.63) is 34.9 Å². The number of benzene rings is 1. The fourth-order valence-corrected chi connectivity index (χ4v) is 1.45. The number of hydrogen-bond donors (Lipinski definition) is 1. The number of ether oxygens (including phenoxy) is 1. The average molecular weight is 226 g/mol. The molecule has 0 amide bonds. The molecule has 0 aliphatic heterocycles. The molecule has 0 radical (unpaired) electrons. The largest absolute Gasteiger partial charge is 0.466 e. The van der Waals surface area contributed by atoms with E-state index in [4.69, 9.17) is 11.6 Å². The summed E-state index contributed by atoms with van der Waals surface area (Å²) in [6.45, 7) is 0. The van der Waals surface area contributed by atoms with Crippen molar-refractivity contribution < 1.29 is 9.53 Å². The van der Waals surface area contributed by atoms with Crippen molar-refractivity contribution in [3.63, 3.8) is 0 Å². The third kappa shape index (κ3) is 2.99. The van der Waals surface area contributed by atoms with Crippen LogP contribution in [0.25, 0.3) is 6.08 Å². The fraction of sp³-hybridized carbons (Fsp3) is 0.182. The summed E-state index contributed by atoms with van der Waals surface area (Å²) in [5, 5.41) is 3.59. The summed E-state index contributed by atoms with van der Waals surface area (Å²) in [5.41, 5.74) is 1.63. The minimum Gasteiger partial charge on any atom is -0.466 e. The van der Waals surface area contributed by atoms with Gasteiger partial charge in [-0.15, -0.1) is 0 Å². The lowest BCUT2D eigenvalue weighted by Gasteiger charge is -2.06. The lowest BCUT2D eigenvalue weighted by Crippen LogP contribution is -1.95. The third-order valence-corrected chi connectivity index (χ3v) is 2.21. The van der Waals surface area contributed by atoms with Crippen molar-refractivity contribution in [2.75, 3.05) is 19.5 Å². The molecule has 0 aromatic heterocycles. The second kappa shape index (κ2) is 5.41. The molecule has 0 saturated heterocycles. The number of anilines is 1. The first-order valence-corrected chi connectivity index (χ1v) is 4.79. The number of halogens is 1. The Kier molecular flexibility index (Phi) is 4.18. The molecule has 1 N–H and O–H groups in total. The van der Waals surface area contributed by atoms with E-state index in [1.54, 1.807) is 19.2 Å². The highest BCUT2D eigenvalue weighted by Crippen LogP contribution is 2.26. The maximum Gasteiger partial charge on any atom is 0.330 e. The molecular weight excluding hydrogens is 214 g/mol. The number of esters is 1. The standard InChI is InChI=1S/C11H12ClNO2/c1-13-11-8(4-3-5-9(11)12)6-7-10(14)15-2/h3-7,13H,1-2H3/b7-6+. The van der Waals surface area contributed by atoms with Crippen molar-refractivity contribution in [1.82, 2.24) is 0 Å². The maximum absolute atomic E-state index is 10.9. The molecular formula is C11H12ClNO2. The van der Waals surface area contributed by atoms with Crippen LogP contribution in [-0.4, -0.2) is 20.1 Å². The highest BCUT2D eigenvalue weighted by Gasteiger charge is 2.02. The van der Waals surface area contributed by atoms with E-state index in [0.717, 1.165) is 11.3 Å². The van der Waals surface area contributed by atoms with E-state index >= 15 is 0 Å². The van der Waals surface area contributed by atoms with Gasteiger partial charge in [-0.05, 0) is 17.7 Å². The van der Waals surface area contributed by atoms with Crippen LogP contribution in [0, 0.1) is 0 Å². The van der Waals surface area contributed by atoms with E-state index in [9.17, 15) is 4.79 Å². The normalized spacial score (nSPS) is 10.3. The van der Waals surface area contributed by atoms with Crippen LogP contribution in [0.3, 0.4) is 0 Å². The molecule has 0 aliphatic rings. The van der Waals surface area contributed by atoms with Crippen molar-refractivity contribution in [2.24, 2.45) is 0 Å². The second-order valence-electron chi connectivity index (χ2n) is 2.81. The summed E-state index contributed by atoms with van der Waals surface area (Å²) < 4.78 is 4.50. The predicted octanol–water partition coefficient (Wildman–Crippen LogP) is 2.57. The highest BCUT2D eigenvalue weighted by atomic mass is 35.5. The van der Waals surface area contributed by atoms with Gasteiger partial charge in [0, 0.05) is 13.1 Å². The Morgan fingerprint density at radius 2 is 2.27 bits per heavy atom. The number of nitrogens with one attached hydrogen (secondary N) is 1. The molecule has 4 heteroatoms. The molecule has 0 bridgehead atoms. The lowest BCUT2D eigenvalue weighted by molar-refractivity contribution is -0.134. The van der Waals surface area contributed by atoms with Crippen LogP contribution in [0.1, 0.15) is 5.56 Å². The number of para-hydroxylation sites is 1. The van der Waals surface area contributed by atoms with Gasteiger partial charge in [0.25, 0.3) is 0 Å². The van der Waals surface area contributed by atoms with Crippen LogP contribution in [0.2, 0.25) is 5.02 Å². The number of hydrogen-bond acceptors (Lipinski definition) is 3. The van der Waals surface area contributed by atoms with Gasteiger partial charge in [0.05, 0.1) is 17.8 Å². The Balaban J connectivity index is 2.99. The first-order chi connectivity index (χ1) is 7.19. The van der Waals surface area contributed by atoms with Crippen molar-refractivity contribution >= 4 is 29.3 Å². The van der Waals surface area contributed by atoms with Crippen LogP contribution >= 0.6 is 11.6 Å². The summed E-state index contributed by atoms with van der Waals surface area (Å²) in [7, 11) is 3.11. The number of methoxy groups -OCH3 is 1. The zero-order valence-corrected chi connectivity index (χ0v) is 9.34. The molecule has 1 aromatic rings. The Hall–Kier alpha value is -1.48. The Morgan fingerprint density at radius 1 is 1.53 bits per heavy atom. The third-order valence-electron chi connectivity index (χ3n) is 1.90. The maximum atomic E-state index is 10.9. The predicted molar refractivity (Wildman–Crippen MR) is 62.0 cm³/mol. The Morgan fingerprint density at radius 3 is 2.87 bits per heavy atom. The summed E-state index contributed by atoms with van der Waals surface area (Å²) in [4.78, 5) is 10.9. The van der Waals surface area contributed by atoms with Gasteiger partial charge >= 0.3 is 5.97 Å². The molecule has 80 valence electrons. The number of rotatable bonds is 3. The van der Waals surface area contributed by atoms with Crippen LogP contribution in [-0.2, 0) is 9.53 Å². The van der Waals surface area contributed by atoms with Gasteiger partial charge in [0.1, 0.15) is 0 Å². The topological polar surface area (TPSA) is 38.3 Å². The van der Waals surface area contributed by atoms with E-state index < -0.39 is 5.97 Å². The highest BCUT2D eigenvalue weighted by molar-refractivity contribution is 6.33. The number of carbonyl (C=O) groups is 1. The SMILES string of the molecule is CNc1c(Cl)cccc1/C=C/C(=O)OC. The van der Waals surface area contributed by atoms with E-state index in [-0.39, 0.29) is 0 Å². The molecule has 0 aliphatic carbocycles. The summed E-state index contributed by atoms with van der Waals surface area (Å²) >= 11 is 5.97. The van der Waals surface area contributed by atoms with Crippen molar-refractivity contribution in [1.29, 1.82) is 0 Å². The van der Waals surface area contributed by atoms with E-state index in [0.29, 0.717) is 5.02 Å². The quantitative estimate of drug-likeness (QED) is 0.635. The molecule has 0 unspecified atom stereocenters. The summed E-state index contributed by atoms with van der Waals surface area (Å²) in [5.74, 6) is -0.392. The molecule has 0 spiro atoms.